The van der Waals surface area contributed by atoms with Crippen molar-refractivity contribution in [3.05, 3.63) is 62.1 Å². The normalized spacial score (nSPS) is 10.2. The first-order chi connectivity index (χ1) is 9.90. The van der Waals surface area contributed by atoms with Crippen molar-refractivity contribution in [2.75, 3.05) is 5.32 Å². The summed E-state index contributed by atoms with van der Waals surface area (Å²) in [4.78, 5) is 21.5. The Morgan fingerprint density at radius 3 is 2.67 bits per heavy atom. The fourth-order valence-electron chi connectivity index (χ4n) is 1.88. The molecule has 0 unspecified atom stereocenters. The highest BCUT2D eigenvalue weighted by Gasteiger charge is 2.14. The number of carboxylic acids is 1. The van der Waals surface area contributed by atoms with Crippen LogP contribution in [0.5, 0.6) is 0 Å². The molecule has 0 radical (unpaired) electrons. The average molecular weight is 351 g/mol. The van der Waals surface area contributed by atoms with E-state index in [4.69, 9.17) is 5.11 Å². The van der Waals surface area contributed by atoms with Crippen molar-refractivity contribution in [3.63, 3.8) is 0 Å². The summed E-state index contributed by atoms with van der Waals surface area (Å²) in [6.07, 6.45) is 0. The highest BCUT2D eigenvalue weighted by molar-refractivity contribution is 9.10. The first-order valence-electron chi connectivity index (χ1n) is 5.94. The summed E-state index contributed by atoms with van der Waals surface area (Å²) in [6.45, 7) is 1.64. The van der Waals surface area contributed by atoms with Crippen LogP contribution < -0.4 is 5.32 Å². The molecule has 0 atom stereocenters. The van der Waals surface area contributed by atoms with Crippen molar-refractivity contribution >= 4 is 39.0 Å². The number of benzene rings is 2. The zero-order valence-corrected chi connectivity index (χ0v) is 12.5. The zero-order valence-electron chi connectivity index (χ0n) is 11.0. The van der Waals surface area contributed by atoms with Gasteiger partial charge in [-0.3, -0.25) is 10.1 Å². The van der Waals surface area contributed by atoms with Gasteiger partial charge in [-0.25, -0.2) is 4.79 Å². The van der Waals surface area contributed by atoms with Crippen LogP contribution in [0.4, 0.5) is 17.1 Å². The molecular formula is C14H11BrN2O4. The lowest BCUT2D eigenvalue weighted by Crippen LogP contribution is -2.01. The molecule has 0 aliphatic rings. The Morgan fingerprint density at radius 2 is 2.05 bits per heavy atom. The summed E-state index contributed by atoms with van der Waals surface area (Å²) in [5.41, 5.74) is 1.71. The molecule has 0 fully saturated rings. The van der Waals surface area contributed by atoms with Gasteiger partial charge in [0.1, 0.15) is 0 Å². The van der Waals surface area contributed by atoms with E-state index >= 15 is 0 Å². The second kappa shape index (κ2) is 5.92. The third-order valence-corrected chi connectivity index (χ3v) is 3.67. The Kier molecular flexibility index (Phi) is 4.23. The van der Waals surface area contributed by atoms with Crippen molar-refractivity contribution in [2.24, 2.45) is 0 Å². The number of aromatic carboxylic acids is 1. The Morgan fingerprint density at radius 1 is 1.33 bits per heavy atom. The second-order valence-electron chi connectivity index (χ2n) is 4.33. The monoisotopic (exact) mass is 350 g/mol. The quantitative estimate of drug-likeness (QED) is 0.639. The number of carboxylic acid groups (broad SMARTS) is 1. The van der Waals surface area contributed by atoms with Gasteiger partial charge in [0.05, 0.1) is 16.1 Å². The number of hydrogen-bond donors (Lipinski definition) is 2. The van der Waals surface area contributed by atoms with Crippen LogP contribution in [0, 0.1) is 17.0 Å². The summed E-state index contributed by atoms with van der Waals surface area (Å²) in [6, 6.07) is 9.46. The molecule has 0 saturated heterocycles. The SMILES string of the molecule is Cc1c(Nc2ccc(Br)c(C(=O)O)c2)cccc1[N+](=O)[O-]. The van der Waals surface area contributed by atoms with Gasteiger partial charge in [-0.1, -0.05) is 6.07 Å². The van der Waals surface area contributed by atoms with Gasteiger partial charge in [-0.2, -0.15) is 0 Å². The summed E-state index contributed by atoms with van der Waals surface area (Å²) in [5.74, 6) is -1.05. The Labute approximate surface area is 128 Å². The van der Waals surface area contributed by atoms with Gasteiger partial charge in [-0.15, -0.1) is 0 Å². The lowest BCUT2D eigenvalue weighted by Gasteiger charge is -2.11. The molecule has 2 rings (SSSR count). The molecule has 6 nitrogen and oxygen atoms in total. The standard InChI is InChI=1S/C14H11BrN2O4/c1-8-12(3-2-4-13(8)17(20)21)16-9-5-6-11(15)10(7-9)14(18)19/h2-7,16H,1H3,(H,18,19). The highest BCUT2D eigenvalue weighted by Crippen LogP contribution is 2.29. The number of nitro groups is 1. The number of carbonyl (C=O) groups is 1. The first-order valence-corrected chi connectivity index (χ1v) is 6.73. The van der Waals surface area contributed by atoms with Crippen LogP contribution in [0.25, 0.3) is 0 Å². The molecular weight excluding hydrogens is 340 g/mol. The third kappa shape index (κ3) is 3.19. The van der Waals surface area contributed by atoms with E-state index in [1.807, 2.05) is 0 Å². The van der Waals surface area contributed by atoms with Crippen LogP contribution >= 0.6 is 15.9 Å². The van der Waals surface area contributed by atoms with E-state index in [9.17, 15) is 14.9 Å². The van der Waals surface area contributed by atoms with Crippen LogP contribution in [0.3, 0.4) is 0 Å². The van der Waals surface area contributed by atoms with Gasteiger partial charge in [0, 0.05) is 21.9 Å². The highest BCUT2D eigenvalue weighted by atomic mass is 79.9. The van der Waals surface area contributed by atoms with Crippen LogP contribution in [0.15, 0.2) is 40.9 Å². The molecule has 0 heterocycles. The lowest BCUT2D eigenvalue weighted by molar-refractivity contribution is -0.385. The molecule has 0 aromatic heterocycles. The molecule has 0 spiro atoms. The Balaban J connectivity index is 2.39. The summed E-state index contributed by atoms with van der Waals surface area (Å²) in [5, 5.41) is 23.0. The minimum absolute atomic E-state index is 0.00979. The van der Waals surface area contributed by atoms with E-state index in [1.165, 1.54) is 12.1 Å². The third-order valence-electron chi connectivity index (χ3n) is 2.98. The van der Waals surface area contributed by atoms with Gasteiger partial charge >= 0.3 is 5.97 Å². The number of hydrogen-bond acceptors (Lipinski definition) is 4. The molecule has 108 valence electrons. The van der Waals surface area contributed by atoms with E-state index in [1.54, 1.807) is 31.2 Å². The van der Waals surface area contributed by atoms with Crippen molar-refractivity contribution < 1.29 is 14.8 Å². The van der Waals surface area contributed by atoms with Gasteiger partial charge in [0.25, 0.3) is 5.69 Å². The predicted molar refractivity (Wildman–Crippen MR) is 82.2 cm³/mol. The Bertz CT molecular complexity index is 731. The smallest absolute Gasteiger partial charge is 0.336 e. The van der Waals surface area contributed by atoms with Gasteiger partial charge in [-0.05, 0) is 47.1 Å². The molecule has 7 heteroatoms. The van der Waals surface area contributed by atoms with Crippen molar-refractivity contribution in [3.8, 4) is 0 Å². The number of nitro benzene ring substituents is 1. The number of nitrogens with one attached hydrogen (secondary N) is 1. The number of nitrogens with zero attached hydrogens (tertiary/aromatic N) is 1. The number of rotatable bonds is 4. The van der Waals surface area contributed by atoms with E-state index in [0.717, 1.165) is 0 Å². The van der Waals surface area contributed by atoms with E-state index in [-0.39, 0.29) is 11.3 Å². The molecule has 0 saturated carbocycles. The topological polar surface area (TPSA) is 92.5 Å². The molecule has 2 aromatic rings. The van der Waals surface area contributed by atoms with Crippen molar-refractivity contribution in [1.29, 1.82) is 0 Å². The fourth-order valence-corrected chi connectivity index (χ4v) is 2.30. The van der Waals surface area contributed by atoms with E-state index in [2.05, 4.69) is 21.2 Å². The van der Waals surface area contributed by atoms with Gasteiger partial charge in [0.15, 0.2) is 0 Å². The average Bonchev–Trinajstić information content (AvgIpc) is 2.42. The maximum absolute atomic E-state index is 11.1. The molecule has 2 N–H and O–H groups in total. The van der Waals surface area contributed by atoms with Crippen LogP contribution in [-0.2, 0) is 0 Å². The molecule has 2 aromatic carbocycles. The van der Waals surface area contributed by atoms with E-state index < -0.39 is 10.9 Å². The molecule has 0 aliphatic heterocycles. The molecule has 0 bridgehead atoms. The minimum atomic E-state index is -1.05. The van der Waals surface area contributed by atoms with Gasteiger partial charge in [0.2, 0.25) is 0 Å². The molecule has 0 aliphatic carbocycles. The second-order valence-corrected chi connectivity index (χ2v) is 5.19. The lowest BCUT2D eigenvalue weighted by atomic mass is 10.1. The summed E-state index contributed by atoms with van der Waals surface area (Å²) < 4.78 is 0.469. The van der Waals surface area contributed by atoms with Crippen LogP contribution in [0.2, 0.25) is 0 Å². The van der Waals surface area contributed by atoms with Gasteiger partial charge < -0.3 is 10.4 Å². The fraction of sp³-hybridized carbons (Fsp3) is 0.0714. The van der Waals surface area contributed by atoms with E-state index in [0.29, 0.717) is 21.4 Å². The van der Waals surface area contributed by atoms with Crippen LogP contribution in [0.1, 0.15) is 15.9 Å². The first kappa shape index (κ1) is 15.0. The zero-order chi connectivity index (χ0) is 15.6. The molecule has 21 heavy (non-hydrogen) atoms. The summed E-state index contributed by atoms with van der Waals surface area (Å²) in [7, 11) is 0. The molecule has 0 amide bonds. The number of halogens is 1. The van der Waals surface area contributed by atoms with Crippen molar-refractivity contribution in [1.82, 2.24) is 0 Å². The van der Waals surface area contributed by atoms with Crippen molar-refractivity contribution in [2.45, 2.75) is 6.92 Å². The maximum atomic E-state index is 11.1. The summed E-state index contributed by atoms with van der Waals surface area (Å²) >= 11 is 3.16. The minimum Gasteiger partial charge on any atom is -0.478 e. The largest absolute Gasteiger partial charge is 0.478 e. The maximum Gasteiger partial charge on any atom is 0.336 e. The predicted octanol–water partition coefficient (Wildman–Crippen LogP) is 4.11. The number of anilines is 2. The van der Waals surface area contributed by atoms with Crippen LogP contribution in [-0.4, -0.2) is 16.0 Å². The Hall–Kier alpha value is -2.41.